The number of nitrogens with two attached hydrogens (primary N) is 1. The zero-order valence-corrected chi connectivity index (χ0v) is 9.12. The predicted molar refractivity (Wildman–Crippen MR) is 54.1 cm³/mol. The van der Waals surface area contributed by atoms with Gasteiger partial charge in [-0.3, -0.25) is 0 Å². The number of hydrogen-bond acceptors (Lipinski definition) is 1. The molecule has 2 aromatic rings. The van der Waals surface area contributed by atoms with Gasteiger partial charge in [-0.2, -0.15) is 0 Å². The van der Waals surface area contributed by atoms with Gasteiger partial charge in [0.25, 0.3) is 0 Å². The van der Waals surface area contributed by atoms with Gasteiger partial charge in [0.05, 0.1) is 0 Å². The van der Waals surface area contributed by atoms with E-state index in [1.54, 1.807) is 0 Å². The second kappa shape index (κ2) is 3.94. The molecule has 0 spiro atoms. The molecule has 0 fully saturated rings. The van der Waals surface area contributed by atoms with Gasteiger partial charge in [0.2, 0.25) is 0 Å². The smallest absolute Gasteiger partial charge is 0.0393 e. The van der Waals surface area contributed by atoms with Crippen LogP contribution >= 0.6 is 0 Å². The Morgan fingerprint density at radius 3 is 2.25 bits per heavy atom. The molecular formula is C10H9NNa. The van der Waals surface area contributed by atoms with Crippen LogP contribution in [-0.2, 0) is 0 Å². The quantitative estimate of drug-likeness (QED) is 0.470. The van der Waals surface area contributed by atoms with Gasteiger partial charge in [-0.1, -0.05) is 36.4 Å². The summed E-state index contributed by atoms with van der Waals surface area (Å²) in [6.45, 7) is 0. The molecule has 1 nitrogen and oxygen atoms in total. The van der Waals surface area contributed by atoms with Crippen LogP contribution in [0.15, 0.2) is 42.5 Å². The molecule has 0 aliphatic heterocycles. The zero-order chi connectivity index (χ0) is 7.68. The number of hydrogen-bond donors (Lipinski definition) is 1. The van der Waals surface area contributed by atoms with E-state index in [1.807, 2.05) is 30.3 Å². The number of fused-ring (bicyclic) bond motifs is 1. The Balaban J connectivity index is 0.000000720. The Morgan fingerprint density at radius 1 is 0.833 bits per heavy atom. The maximum atomic E-state index is 5.76. The summed E-state index contributed by atoms with van der Waals surface area (Å²) in [5.74, 6) is 0. The van der Waals surface area contributed by atoms with Crippen LogP contribution < -0.4 is 5.73 Å². The van der Waals surface area contributed by atoms with Crippen LogP contribution in [0.5, 0.6) is 0 Å². The molecule has 1 radical (unpaired) electrons. The Morgan fingerprint density at radius 2 is 1.50 bits per heavy atom. The van der Waals surface area contributed by atoms with Crippen molar-refractivity contribution >= 4 is 46.0 Å². The summed E-state index contributed by atoms with van der Waals surface area (Å²) in [5.41, 5.74) is 6.61. The third-order valence-corrected chi connectivity index (χ3v) is 1.82. The van der Waals surface area contributed by atoms with Crippen molar-refractivity contribution in [2.45, 2.75) is 0 Å². The van der Waals surface area contributed by atoms with Crippen LogP contribution in [0, 0.1) is 0 Å². The van der Waals surface area contributed by atoms with Crippen molar-refractivity contribution in [2.75, 3.05) is 5.73 Å². The van der Waals surface area contributed by atoms with Gasteiger partial charge < -0.3 is 5.73 Å². The molecule has 2 aromatic carbocycles. The van der Waals surface area contributed by atoms with E-state index < -0.39 is 0 Å². The van der Waals surface area contributed by atoms with E-state index in [0.717, 1.165) is 11.1 Å². The topological polar surface area (TPSA) is 26.0 Å². The van der Waals surface area contributed by atoms with Crippen LogP contribution in [0.2, 0.25) is 0 Å². The fourth-order valence-corrected chi connectivity index (χ4v) is 1.25. The largest absolute Gasteiger partial charge is 0.398 e. The van der Waals surface area contributed by atoms with Crippen LogP contribution in [0.3, 0.4) is 0 Å². The average molecular weight is 166 g/mol. The molecule has 12 heavy (non-hydrogen) atoms. The SMILES string of the molecule is Nc1cccc2ccccc12.[Na]. The Hall–Kier alpha value is -0.500. The van der Waals surface area contributed by atoms with Gasteiger partial charge in [0.15, 0.2) is 0 Å². The average Bonchev–Trinajstić information content (AvgIpc) is 2.06. The van der Waals surface area contributed by atoms with E-state index in [9.17, 15) is 0 Å². The van der Waals surface area contributed by atoms with Crippen molar-refractivity contribution < 1.29 is 0 Å². The third-order valence-electron chi connectivity index (χ3n) is 1.82. The Labute approximate surface area is 93.9 Å². The van der Waals surface area contributed by atoms with Gasteiger partial charge in [0.1, 0.15) is 0 Å². The molecule has 2 N–H and O–H groups in total. The number of anilines is 1. The van der Waals surface area contributed by atoms with E-state index in [0.29, 0.717) is 0 Å². The first-order valence-corrected chi connectivity index (χ1v) is 3.61. The van der Waals surface area contributed by atoms with Crippen LogP contribution in [0.4, 0.5) is 5.69 Å². The Bertz CT molecular complexity index is 379. The van der Waals surface area contributed by atoms with E-state index >= 15 is 0 Å². The first kappa shape index (κ1) is 9.59. The molecule has 0 saturated heterocycles. The molecule has 0 saturated carbocycles. The zero-order valence-electron chi connectivity index (χ0n) is 7.12. The van der Waals surface area contributed by atoms with E-state index in [1.165, 1.54) is 5.39 Å². The summed E-state index contributed by atoms with van der Waals surface area (Å²) in [5, 5.41) is 2.34. The summed E-state index contributed by atoms with van der Waals surface area (Å²) in [4.78, 5) is 0. The molecular weight excluding hydrogens is 157 g/mol. The summed E-state index contributed by atoms with van der Waals surface area (Å²) in [6.07, 6.45) is 0. The molecule has 0 aromatic heterocycles. The van der Waals surface area contributed by atoms with E-state index in [2.05, 4.69) is 12.1 Å². The summed E-state index contributed by atoms with van der Waals surface area (Å²) < 4.78 is 0. The van der Waals surface area contributed by atoms with E-state index in [-0.39, 0.29) is 29.6 Å². The minimum absolute atomic E-state index is 0. The third kappa shape index (κ3) is 1.63. The minimum Gasteiger partial charge on any atom is -0.398 e. The van der Waals surface area contributed by atoms with Crippen molar-refractivity contribution in [1.82, 2.24) is 0 Å². The molecule has 0 aliphatic carbocycles. The monoisotopic (exact) mass is 166 g/mol. The summed E-state index contributed by atoms with van der Waals surface area (Å²) in [6, 6.07) is 14.1. The molecule has 0 amide bonds. The normalized spacial score (nSPS) is 9.33. The first-order valence-electron chi connectivity index (χ1n) is 3.61. The molecule has 0 unspecified atom stereocenters. The van der Waals surface area contributed by atoms with Crippen LogP contribution in [-0.4, -0.2) is 29.6 Å². The molecule has 0 aliphatic rings. The maximum absolute atomic E-state index is 5.76. The van der Waals surface area contributed by atoms with Crippen molar-refractivity contribution in [3.8, 4) is 0 Å². The van der Waals surface area contributed by atoms with Gasteiger partial charge >= 0.3 is 0 Å². The Kier molecular flexibility index (Phi) is 3.15. The number of rotatable bonds is 0. The van der Waals surface area contributed by atoms with E-state index in [4.69, 9.17) is 5.73 Å². The van der Waals surface area contributed by atoms with Crippen molar-refractivity contribution in [3.05, 3.63) is 42.5 Å². The van der Waals surface area contributed by atoms with Crippen molar-refractivity contribution in [1.29, 1.82) is 0 Å². The minimum atomic E-state index is 0. The van der Waals surface area contributed by atoms with Gasteiger partial charge in [-0.05, 0) is 11.5 Å². The number of benzene rings is 2. The second-order valence-electron chi connectivity index (χ2n) is 2.57. The second-order valence-corrected chi connectivity index (χ2v) is 2.57. The molecule has 0 atom stereocenters. The van der Waals surface area contributed by atoms with Crippen LogP contribution in [0.1, 0.15) is 0 Å². The molecule has 2 heteroatoms. The van der Waals surface area contributed by atoms with Crippen LogP contribution in [0.25, 0.3) is 10.8 Å². The molecule has 55 valence electrons. The first-order chi connectivity index (χ1) is 5.38. The van der Waals surface area contributed by atoms with Gasteiger partial charge in [-0.15, -0.1) is 0 Å². The van der Waals surface area contributed by atoms with Gasteiger partial charge in [0, 0.05) is 40.6 Å². The molecule has 2 rings (SSSR count). The van der Waals surface area contributed by atoms with Crippen molar-refractivity contribution in [3.63, 3.8) is 0 Å². The fourth-order valence-electron chi connectivity index (χ4n) is 1.25. The number of nitrogen functional groups attached to an aromatic ring is 1. The maximum Gasteiger partial charge on any atom is 0.0393 e. The molecule has 0 heterocycles. The summed E-state index contributed by atoms with van der Waals surface area (Å²) >= 11 is 0. The summed E-state index contributed by atoms with van der Waals surface area (Å²) in [7, 11) is 0. The van der Waals surface area contributed by atoms with Crippen molar-refractivity contribution in [2.24, 2.45) is 0 Å². The molecule has 0 bridgehead atoms. The predicted octanol–water partition coefficient (Wildman–Crippen LogP) is 2.04. The fraction of sp³-hybridized carbons (Fsp3) is 0. The van der Waals surface area contributed by atoms with Gasteiger partial charge in [-0.25, -0.2) is 0 Å². The standard InChI is InChI=1S/C10H9N.Na/c11-10-7-3-5-8-4-1-2-6-9(8)10;/h1-7H,11H2;.